The lowest BCUT2D eigenvalue weighted by Crippen LogP contribution is -2.52. The van der Waals surface area contributed by atoms with Gasteiger partial charge in [-0.1, -0.05) is 0 Å². The first-order valence-electron chi connectivity index (χ1n) is 3.96. The molecule has 0 aromatic carbocycles. The molecule has 1 heterocycles. The topological polar surface area (TPSA) is 99.4 Å². The second-order valence-corrected chi connectivity index (χ2v) is 2.99. The number of hydrogen-bond donors (Lipinski definition) is 4. The minimum atomic E-state index is -1.68. The van der Waals surface area contributed by atoms with Crippen LogP contribution in [0.25, 0.3) is 0 Å². The molecular weight excluding hydrogens is 180 g/mol. The van der Waals surface area contributed by atoms with Crippen LogP contribution in [-0.2, 0) is 9.47 Å². The molecule has 6 nitrogen and oxygen atoms in total. The van der Waals surface area contributed by atoms with Gasteiger partial charge in [0.2, 0.25) is 0 Å². The van der Waals surface area contributed by atoms with E-state index < -0.39 is 30.9 Å². The highest BCUT2D eigenvalue weighted by Gasteiger charge is 2.39. The van der Waals surface area contributed by atoms with Gasteiger partial charge in [-0.2, -0.15) is 0 Å². The van der Waals surface area contributed by atoms with Gasteiger partial charge < -0.3 is 29.9 Å². The monoisotopic (exact) mass is 194 g/mol. The van der Waals surface area contributed by atoms with Crippen molar-refractivity contribution >= 4 is 0 Å². The molecule has 0 amide bonds. The van der Waals surface area contributed by atoms with Crippen LogP contribution in [0.4, 0.5) is 0 Å². The predicted octanol–water partition coefficient (Wildman–Crippen LogP) is -2.22. The Morgan fingerprint density at radius 1 is 1.38 bits per heavy atom. The summed E-state index contributed by atoms with van der Waals surface area (Å²) < 4.78 is 9.65. The molecule has 13 heavy (non-hydrogen) atoms. The summed E-state index contributed by atoms with van der Waals surface area (Å²) in [5.74, 6) is 0. The van der Waals surface area contributed by atoms with Crippen LogP contribution in [0.5, 0.6) is 0 Å². The first kappa shape index (κ1) is 10.8. The second-order valence-electron chi connectivity index (χ2n) is 2.99. The van der Waals surface area contributed by atoms with E-state index in [9.17, 15) is 10.2 Å². The first-order valence-corrected chi connectivity index (χ1v) is 3.96. The van der Waals surface area contributed by atoms with Crippen LogP contribution in [0.15, 0.2) is 0 Å². The van der Waals surface area contributed by atoms with Crippen molar-refractivity contribution < 1.29 is 29.9 Å². The number of ether oxygens (including phenoxy) is 2. The Hall–Kier alpha value is -0.240. The molecule has 1 aliphatic rings. The van der Waals surface area contributed by atoms with E-state index in [2.05, 4.69) is 0 Å². The smallest absolute Gasteiger partial charge is 0.186 e. The largest absolute Gasteiger partial charge is 0.390 e. The zero-order valence-corrected chi connectivity index (χ0v) is 7.20. The highest BCUT2D eigenvalue weighted by Crippen LogP contribution is 2.22. The molecule has 1 fully saturated rings. The average Bonchev–Trinajstić information content (AvgIpc) is 2.09. The third kappa shape index (κ3) is 2.37. The molecular formula is C7H14O6. The molecule has 78 valence electrons. The van der Waals surface area contributed by atoms with Gasteiger partial charge in [0.1, 0.15) is 12.2 Å². The summed E-state index contributed by atoms with van der Waals surface area (Å²) in [6.45, 7) is 0. The maximum absolute atomic E-state index is 9.27. The van der Waals surface area contributed by atoms with Crippen molar-refractivity contribution in [2.24, 2.45) is 0 Å². The molecule has 1 rings (SSSR count). The third-order valence-electron chi connectivity index (χ3n) is 2.02. The molecule has 4 atom stereocenters. The minimum absolute atomic E-state index is 0.0291. The van der Waals surface area contributed by atoms with Gasteiger partial charge in [0.25, 0.3) is 0 Å². The predicted molar refractivity (Wildman–Crippen MR) is 40.5 cm³/mol. The molecule has 6 heteroatoms. The molecule has 0 bridgehead atoms. The summed E-state index contributed by atoms with van der Waals surface area (Å²) in [6.07, 6.45) is -5.87. The highest BCUT2D eigenvalue weighted by atomic mass is 16.7. The van der Waals surface area contributed by atoms with Gasteiger partial charge in [-0.3, -0.25) is 0 Å². The number of methoxy groups -OCH3 is 1. The van der Waals surface area contributed by atoms with Gasteiger partial charge in [-0.25, -0.2) is 0 Å². The maximum Gasteiger partial charge on any atom is 0.186 e. The summed E-state index contributed by atoms with van der Waals surface area (Å²) in [5, 5.41) is 36.1. The molecule has 0 spiro atoms. The van der Waals surface area contributed by atoms with Crippen LogP contribution in [-0.4, -0.2) is 58.4 Å². The molecule has 0 aromatic rings. The lowest BCUT2D eigenvalue weighted by molar-refractivity contribution is -0.292. The summed E-state index contributed by atoms with van der Waals surface area (Å²) >= 11 is 0. The fraction of sp³-hybridized carbons (Fsp3) is 1.00. The number of hydrogen-bond acceptors (Lipinski definition) is 6. The maximum atomic E-state index is 9.27. The van der Waals surface area contributed by atoms with E-state index in [1.54, 1.807) is 0 Å². The summed E-state index contributed by atoms with van der Waals surface area (Å²) in [6, 6.07) is 0. The van der Waals surface area contributed by atoms with Gasteiger partial charge in [0.15, 0.2) is 12.6 Å². The number of aliphatic hydroxyl groups is 4. The van der Waals surface area contributed by atoms with Crippen molar-refractivity contribution in [2.45, 2.75) is 37.3 Å². The van der Waals surface area contributed by atoms with Crippen molar-refractivity contribution in [1.82, 2.24) is 0 Å². The number of aliphatic hydroxyl groups excluding tert-OH is 3. The van der Waals surface area contributed by atoms with Gasteiger partial charge in [0.05, 0.1) is 6.10 Å². The molecule has 1 saturated heterocycles. The summed E-state index contributed by atoms with van der Waals surface area (Å²) in [4.78, 5) is 0. The Balaban J connectivity index is 2.58. The zero-order valence-electron chi connectivity index (χ0n) is 7.20. The molecule has 0 radical (unpaired) electrons. The summed E-state index contributed by atoms with van der Waals surface area (Å²) in [7, 11) is 1.30. The lowest BCUT2D eigenvalue weighted by atomic mass is 10.0. The van der Waals surface area contributed by atoms with E-state index in [1.807, 2.05) is 0 Å². The molecule has 1 aliphatic heterocycles. The van der Waals surface area contributed by atoms with Gasteiger partial charge in [-0.15, -0.1) is 0 Å². The number of rotatable bonds is 2. The average molecular weight is 194 g/mol. The summed E-state index contributed by atoms with van der Waals surface area (Å²) in [5.41, 5.74) is 0. The molecule has 0 aromatic heterocycles. The molecule has 0 unspecified atom stereocenters. The van der Waals surface area contributed by atoms with E-state index in [0.29, 0.717) is 0 Å². The van der Waals surface area contributed by atoms with E-state index in [4.69, 9.17) is 19.7 Å². The Labute approximate surface area is 75.3 Å². The highest BCUT2D eigenvalue weighted by molar-refractivity contribution is 4.81. The molecule has 0 aliphatic carbocycles. The van der Waals surface area contributed by atoms with Crippen LogP contribution in [0.1, 0.15) is 6.42 Å². The van der Waals surface area contributed by atoms with Crippen molar-refractivity contribution in [2.75, 3.05) is 7.11 Å². The van der Waals surface area contributed by atoms with Crippen molar-refractivity contribution in [3.05, 3.63) is 0 Å². The van der Waals surface area contributed by atoms with E-state index in [1.165, 1.54) is 7.11 Å². The Bertz CT molecular complexity index is 161. The molecule has 0 saturated carbocycles. The minimum Gasteiger partial charge on any atom is -0.390 e. The fourth-order valence-electron chi connectivity index (χ4n) is 1.25. The van der Waals surface area contributed by atoms with Crippen LogP contribution in [0.3, 0.4) is 0 Å². The Morgan fingerprint density at radius 2 is 2.00 bits per heavy atom. The van der Waals surface area contributed by atoms with Crippen LogP contribution >= 0.6 is 0 Å². The Kier molecular flexibility index (Phi) is 3.60. The van der Waals surface area contributed by atoms with Crippen LogP contribution in [0, 0.1) is 0 Å². The molecule has 4 N–H and O–H groups in total. The fourth-order valence-corrected chi connectivity index (χ4v) is 1.25. The van der Waals surface area contributed by atoms with Crippen molar-refractivity contribution in [3.63, 3.8) is 0 Å². The van der Waals surface area contributed by atoms with Gasteiger partial charge in [-0.05, 0) is 0 Å². The second kappa shape index (κ2) is 4.32. The van der Waals surface area contributed by atoms with E-state index in [-0.39, 0.29) is 6.42 Å². The first-order chi connectivity index (χ1) is 6.06. The lowest BCUT2D eigenvalue weighted by Gasteiger charge is -2.36. The standard InChI is InChI=1S/C7H14O6/c1-12-7-5(9)3(8)2-4(13-7)6(10)11/h3-11H,2H2,1H3/t3-,4-,5+,7+/m0/s1. The van der Waals surface area contributed by atoms with Gasteiger partial charge in [0, 0.05) is 13.5 Å². The third-order valence-corrected chi connectivity index (χ3v) is 2.02. The van der Waals surface area contributed by atoms with Crippen LogP contribution < -0.4 is 0 Å². The quantitative estimate of drug-likeness (QED) is 0.372. The SMILES string of the molecule is CO[C@@H]1O[C@H](C(O)O)C[C@H](O)[C@H]1O. The Morgan fingerprint density at radius 3 is 2.46 bits per heavy atom. The zero-order chi connectivity index (χ0) is 10.0. The van der Waals surface area contributed by atoms with Crippen LogP contribution in [0.2, 0.25) is 0 Å². The van der Waals surface area contributed by atoms with E-state index >= 15 is 0 Å². The normalized spacial score (nSPS) is 41.1. The van der Waals surface area contributed by atoms with Crippen molar-refractivity contribution in [1.29, 1.82) is 0 Å². The van der Waals surface area contributed by atoms with Gasteiger partial charge >= 0.3 is 0 Å². The van der Waals surface area contributed by atoms with E-state index in [0.717, 1.165) is 0 Å². The van der Waals surface area contributed by atoms with Crippen molar-refractivity contribution in [3.8, 4) is 0 Å².